The van der Waals surface area contributed by atoms with Crippen LogP contribution in [0.3, 0.4) is 0 Å². The van der Waals surface area contributed by atoms with Gasteiger partial charge in [0.1, 0.15) is 0 Å². The van der Waals surface area contributed by atoms with Crippen molar-refractivity contribution in [3.8, 4) is 0 Å². The van der Waals surface area contributed by atoms with E-state index in [1.54, 1.807) is 0 Å². The molecule has 0 unspecified atom stereocenters. The molecule has 6 heteroatoms. The maximum Gasteiger partial charge on any atom is 0.389 e. The Labute approximate surface area is 62.5 Å². The Morgan fingerprint density at radius 1 is 1.40 bits per heavy atom. The minimum absolute atomic E-state index is 0. The molecule has 0 rings (SSSR count). The van der Waals surface area contributed by atoms with Gasteiger partial charge in [0.2, 0.25) is 0 Å². The molecule has 10 heavy (non-hydrogen) atoms. The van der Waals surface area contributed by atoms with Gasteiger partial charge in [-0.3, -0.25) is 5.41 Å². The van der Waals surface area contributed by atoms with Crippen molar-refractivity contribution in [3.05, 3.63) is 0 Å². The molecule has 3 N–H and O–H groups in total. The van der Waals surface area contributed by atoms with Gasteiger partial charge in [-0.2, -0.15) is 13.2 Å². The van der Waals surface area contributed by atoms with E-state index in [2.05, 4.69) is 5.73 Å². The van der Waals surface area contributed by atoms with Crippen molar-refractivity contribution >= 4 is 18.2 Å². The summed E-state index contributed by atoms with van der Waals surface area (Å²) in [4.78, 5) is 0. The first kappa shape index (κ1) is 12.2. The predicted molar refractivity (Wildman–Crippen MR) is 34.5 cm³/mol. The fourth-order valence-electron chi connectivity index (χ4n) is 0.276. The van der Waals surface area contributed by atoms with Crippen LogP contribution in [0.2, 0.25) is 0 Å². The van der Waals surface area contributed by atoms with Crippen LogP contribution in [0.5, 0.6) is 0 Å². The molecule has 0 bridgehead atoms. The summed E-state index contributed by atoms with van der Waals surface area (Å²) in [7, 11) is 0. The number of halogens is 4. The molecule has 0 radical (unpaired) electrons. The summed E-state index contributed by atoms with van der Waals surface area (Å²) in [6.45, 7) is 0. The first-order valence-corrected chi connectivity index (χ1v) is 2.31. The zero-order valence-corrected chi connectivity index (χ0v) is 5.85. The quantitative estimate of drug-likeness (QED) is 0.488. The van der Waals surface area contributed by atoms with Gasteiger partial charge in [0, 0.05) is 6.42 Å². The molecule has 0 aliphatic rings. The lowest BCUT2D eigenvalue weighted by molar-refractivity contribution is -0.132. The second-order valence-electron chi connectivity index (χ2n) is 1.64. The largest absolute Gasteiger partial charge is 0.389 e. The summed E-state index contributed by atoms with van der Waals surface area (Å²) in [5.41, 5.74) is 4.68. The van der Waals surface area contributed by atoms with Crippen molar-refractivity contribution in [3.63, 3.8) is 0 Å². The second-order valence-corrected chi connectivity index (χ2v) is 1.64. The Morgan fingerprint density at radius 2 is 1.80 bits per heavy atom. The lowest BCUT2D eigenvalue weighted by Gasteiger charge is -2.02. The molecule has 0 aliphatic heterocycles. The summed E-state index contributed by atoms with van der Waals surface area (Å²) in [5, 5.41) is 6.45. The highest BCUT2D eigenvalue weighted by molar-refractivity contribution is 5.85. The lowest BCUT2D eigenvalue weighted by atomic mass is 10.3. The molecule has 0 aromatic rings. The highest BCUT2D eigenvalue weighted by atomic mass is 35.5. The van der Waals surface area contributed by atoms with E-state index in [4.69, 9.17) is 5.41 Å². The van der Waals surface area contributed by atoms with E-state index in [9.17, 15) is 13.2 Å². The Bertz CT molecular complexity index is 112. The maximum absolute atomic E-state index is 11.3. The van der Waals surface area contributed by atoms with Gasteiger partial charge < -0.3 is 5.73 Å². The Kier molecular flexibility index (Phi) is 5.36. The van der Waals surface area contributed by atoms with E-state index in [-0.39, 0.29) is 12.4 Å². The minimum Gasteiger partial charge on any atom is -0.388 e. The number of amidine groups is 1. The monoisotopic (exact) mass is 176 g/mol. The van der Waals surface area contributed by atoms with E-state index in [1.807, 2.05) is 0 Å². The molecule has 0 aromatic carbocycles. The normalized spacial score (nSPS) is 10.3. The number of nitrogens with two attached hydrogens (primary N) is 1. The number of hydrogen-bond donors (Lipinski definition) is 2. The van der Waals surface area contributed by atoms with Crippen molar-refractivity contribution in [1.29, 1.82) is 5.41 Å². The van der Waals surface area contributed by atoms with Crippen LogP contribution in [0.15, 0.2) is 0 Å². The van der Waals surface area contributed by atoms with Gasteiger partial charge in [-0.25, -0.2) is 0 Å². The first-order chi connectivity index (χ1) is 3.92. The number of nitrogens with one attached hydrogen (secondary N) is 1. The topological polar surface area (TPSA) is 49.9 Å². The summed E-state index contributed by atoms with van der Waals surface area (Å²) < 4.78 is 33.8. The van der Waals surface area contributed by atoms with Gasteiger partial charge in [-0.1, -0.05) is 0 Å². The fourth-order valence-corrected chi connectivity index (χ4v) is 0.276. The van der Waals surface area contributed by atoms with Crippen LogP contribution in [-0.4, -0.2) is 12.0 Å². The van der Waals surface area contributed by atoms with E-state index in [1.165, 1.54) is 0 Å². The van der Waals surface area contributed by atoms with Crippen molar-refractivity contribution in [1.82, 2.24) is 0 Å². The van der Waals surface area contributed by atoms with Crippen LogP contribution in [0.25, 0.3) is 0 Å². The van der Waals surface area contributed by atoms with Gasteiger partial charge in [-0.05, 0) is 0 Å². The molecule has 62 valence electrons. The van der Waals surface area contributed by atoms with Gasteiger partial charge in [0.15, 0.2) is 0 Å². The van der Waals surface area contributed by atoms with E-state index in [0.29, 0.717) is 0 Å². The average Bonchev–Trinajstić information content (AvgIpc) is 1.59. The molecule has 0 aromatic heterocycles. The second kappa shape index (κ2) is 4.38. The summed E-state index contributed by atoms with van der Waals surface area (Å²) >= 11 is 0. The van der Waals surface area contributed by atoms with Crippen molar-refractivity contribution in [2.24, 2.45) is 5.73 Å². The number of alkyl halides is 3. The number of rotatable bonds is 2. The van der Waals surface area contributed by atoms with Crippen molar-refractivity contribution in [2.45, 2.75) is 19.0 Å². The van der Waals surface area contributed by atoms with E-state index >= 15 is 0 Å². The molecule has 0 heterocycles. The third-order valence-corrected chi connectivity index (χ3v) is 0.678. The molecule has 0 aliphatic carbocycles. The summed E-state index contributed by atoms with van der Waals surface area (Å²) in [6, 6.07) is 0. The molecule has 0 fully saturated rings. The van der Waals surface area contributed by atoms with Crippen LogP contribution >= 0.6 is 12.4 Å². The van der Waals surface area contributed by atoms with Crippen LogP contribution < -0.4 is 5.73 Å². The minimum atomic E-state index is -4.19. The molecule has 0 atom stereocenters. The van der Waals surface area contributed by atoms with Gasteiger partial charge in [-0.15, -0.1) is 12.4 Å². The third kappa shape index (κ3) is 10.5. The fraction of sp³-hybridized carbons (Fsp3) is 0.750. The smallest absolute Gasteiger partial charge is 0.388 e. The standard InChI is InChI=1S/C4H7F3N2.ClH/c5-4(6,7)2-1-3(8)9;/h1-2H2,(H3,8,9);1H. The highest BCUT2D eigenvalue weighted by Crippen LogP contribution is 2.20. The summed E-state index contributed by atoms with van der Waals surface area (Å²) in [6.07, 6.45) is -5.59. The Hall–Kier alpha value is -0.450. The van der Waals surface area contributed by atoms with Crippen LogP contribution in [0.4, 0.5) is 13.2 Å². The molecule has 2 nitrogen and oxygen atoms in total. The van der Waals surface area contributed by atoms with E-state index < -0.39 is 24.9 Å². The van der Waals surface area contributed by atoms with Gasteiger partial charge in [0.05, 0.1) is 12.3 Å². The van der Waals surface area contributed by atoms with Gasteiger partial charge in [0.25, 0.3) is 0 Å². The SMILES string of the molecule is Cl.N=C(N)CCC(F)(F)F. The molecular weight excluding hydrogens is 169 g/mol. The van der Waals surface area contributed by atoms with Crippen molar-refractivity contribution < 1.29 is 13.2 Å². The van der Waals surface area contributed by atoms with E-state index in [0.717, 1.165) is 0 Å². The number of hydrogen-bond acceptors (Lipinski definition) is 1. The molecule has 0 spiro atoms. The first-order valence-electron chi connectivity index (χ1n) is 2.31. The molecule has 0 amide bonds. The zero-order valence-electron chi connectivity index (χ0n) is 5.03. The molecule has 0 saturated carbocycles. The third-order valence-electron chi connectivity index (χ3n) is 0.678. The van der Waals surface area contributed by atoms with Gasteiger partial charge >= 0.3 is 6.18 Å². The van der Waals surface area contributed by atoms with Crippen LogP contribution in [0.1, 0.15) is 12.8 Å². The van der Waals surface area contributed by atoms with Crippen LogP contribution in [-0.2, 0) is 0 Å². The average molecular weight is 177 g/mol. The van der Waals surface area contributed by atoms with Crippen molar-refractivity contribution in [2.75, 3.05) is 0 Å². The lowest BCUT2D eigenvalue weighted by Crippen LogP contribution is -2.15. The van der Waals surface area contributed by atoms with Crippen LogP contribution in [0, 0.1) is 5.41 Å². The Balaban J connectivity index is 0. The molecular formula is C4H8ClF3N2. The highest BCUT2D eigenvalue weighted by Gasteiger charge is 2.26. The summed E-state index contributed by atoms with van der Waals surface area (Å²) in [5.74, 6) is -0.424. The zero-order chi connectivity index (χ0) is 7.49. The maximum atomic E-state index is 11.3. The molecule has 0 saturated heterocycles. The predicted octanol–water partition coefficient (Wildman–Crippen LogP) is 1.69. The Morgan fingerprint density at radius 3 is 1.90 bits per heavy atom.